The molecule has 2 aromatic carbocycles. The predicted molar refractivity (Wildman–Crippen MR) is 121 cm³/mol. The first kappa shape index (κ1) is 22.1. The average molecular weight is 458 g/mol. The van der Waals surface area contributed by atoms with Crippen LogP contribution in [0.1, 0.15) is 17.2 Å². The van der Waals surface area contributed by atoms with Crippen LogP contribution in [0.3, 0.4) is 0 Å². The molecule has 1 unspecified atom stereocenters. The van der Waals surface area contributed by atoms with Gasteiger partial charge in [0, 0.05) is 31.9 Å². The minimum absolute atomic E-state index is 0.0540. The number of hydrogen-bond acceptors (Lipinski definition) is 5. The molecule has 2 aliphatic rings. The van der Waals surface area contributed by atoms with Gasteiger partial charge in [-0.25, -0.2) is 13.2 Å². The molecule has 8 nitrogen and oxygen atoms in total. The number of rotatable bonds is 5. The smallest absolute Gasteiger partial charge is 0.325 e. The predicted octanol–water partition coefficient (Wildman–Crippen LogP) is 2.33. The van der Waals surface area contributed by atoms with Crippen molar-refractivity contribution in [3.05, 3.63) is 60.2 Å². The van der Waals surface area contributed by atoms with Gasteiger partial charge in [-0.2, -0.15) is 0 Å². The van der Waals surface area contributed by atoms with E-state index >= 15 is 0 Å². The van der Waals surface area contributed by atoms with E-state index in [1.54, 1.807) is 29.0 Å². The van der Waals surface area contributed by atoms with E-state index in [9.17, 15) is 18.0 Å². The number of carbonyl (C=O) groups excluding carboxylic acids is 2. The number of benzene rings is 2. The molecule has 2 saturated heterocycles. The SMILES string of the molecule is COc1ccc(N2CCN(CC(=O)N3CCC(c4ccccc4)S(=O)(=O)CC3)C2=O)cc1. The van der Waals surface area contributed by atoms with E-state index in [4.69, 9.17) is 4.74 Å². The van der Waals surface area contributed by atoms with Gasteiger partial charge in [0.2, 0.25) is 5.91 Å². The lowest BCUT2D eigenvalue weighted by Gasteiger charge is -2.24. The molecule has 2 aromatic rings. The topological polar surface area (TPSA) is 87.2 Å². The van der Waals surface area contributed by atoms with Crippen LogP contribution in [0.15, 0.2) is 54.6 Å². The van der Waals surface area contributed by atoms with Crippen LogP contribution in [0, 0.1) is 0 Å². The van der Waals surface area contributed by atoms with Crippen molar-refractivity contribution in [3.8, 4) is 5.75 Å². The number of methoxy groups -OCH3 is 1. The van der Waals surface area contributed by atoms with E-state index < -0.39 is 15.1 Å². The zero-order valence-electron chi connectivity index (χ0n) is 18.0. The minimum atomic E-state index is -3.36. The molecule has 2 heterocycles. The van der Waals surface area contributed by atoms with Gasteiger partial charge in [0.1, 0.15) is 12.3 Å². The van der Waals surface area contributed by atoms with Crippen molar-refractivity contribution >= 4 is 27.5 Å². The second kappa shape index (κ2) is 9.20. The van der Waals surface area contributed by atoms with Gasteiger partial charge in [-0.05, 0) is 36.2 Å². The molecule has 2 fully saturated rings. The van der Waals surface area contributed by atoms with E-state index in [1.165, 1.54) is 4.90 Å². The molecule has 0 spiro atoms. The van der Waals surface area contributed by atoms with Crippen molar-refractivity contribution < 1.29 is 22.7 Å². The van der Waals surface area contributed by atoms with E-state index in [-0.39, 0.29) is 30.8 Å². The molecule has 1 atom stereocenters. The van der Waals surface area contributed by atoms with E-state index in [2.05, 4.69) is 0 Å². The summed E-state index contributed by atoms with van der Waals surface area (Å²) < 4.78 is 30.7. The molecule has 0 bridgehead atoms. The molecule has 0 saturated carbocycles. The molecule has 2 aliphatic heterocycles. The van der Waals surface area contributed by atoms with Crippen molar-refractivity contribution in [2.75, 3.05) is 50.5 Å². The summed E-state index contributed by atoms with van der Waals surface area (Å²) in [5.74, 6) is 0.403. The Morgan fingerprint density at radius 2 is 1.72 bits per heavy atom. The highest BCUT2D eigenvalue weighted by Crippen LogP contribution is 2.29. The Balaban J connectivity index is 1.39. The van der Waals surface area contributed by atoms with Crippen molar-refractivity contribution in [2.45, 2.75) is 11.7 Å². The number of amides is 3. The highest BCUT2D eigenvalue weighted by Gasteiger charge is 2.35. The zero-order chi connectivity index (χ0) is 22.7. The fourth-order valence-corrected chi connectivity index (χ4v) is 6.03. The lowest BCUT2D eigenvalue weighted by molar-refractivity contribution is -0.131. The maximum atomic E-state index is 12.9. The second-order valence-electron chi connectivity index (χ2n) is 7.99. The van der Waals surface area contributed by atoms with Crippen LogP contribution in [0.4, 0.5) is 10.5 Å². The molecule has 4 rings (SSSR count). The lowest BCUT2D eigenvalue weighted by Crippen LogP contribution is -2.43. The van der Waals surface area contributed by atoms with Crippen LogP contribution in [-0.4, -0.2) is 75.7 Å². The first-order chi connectivity index (χ1) is 15.4. The Labute approximate surface area is 188 Å². The van der Waals surface area contributed by atoms with Gasteiger partial charge in [0.15, 0.2) is 9.84 Å². The summed E-state index contributed by atoms with van der Waals surface area (Å²) in [6.07, 6.45) is 0.351. The molecule has 0 aliphatic carbocycles. The monoisotopic (exact) mass is 457 g/mol. The molecule has 0 N–H and O–H groups in total. The summed E-state index contributed by atoms with van der Waals surface area (Å²) in [6, 6.07) is 16.1. The fourth-order valence-electron chi connectivity index (χ4n) is 4.23. The van der Waals surface area contributed by atoms with Gasteiger partial charge >= 0.3 is 6.03 Å². The molecular weight excluding hydrogens is 430 g/mol. The van der Waals surface area contributed by atoms with Gasteiger partial charge in [0.05, 0.1) is 18.1 Å². The van der Waals surface area contributed by atoms with E-state index in [0.717, 1.165) is 11.3 Å². The molecular formula is C23H27N3O5S. The molecule has 170 valence electrons. The number of sulfone groups is 1. The maximum absolute atomic E-state index is 12.9. The van der Waals surface area contributed by atoms with Gasteiger partial charge < -0.3 is 14.5 Å². The molecule has 0 radical (unpaired) electrons. The number of anilines is 1. The Kier molecular flexibility index (Phi) is 6.36. The zero-order valence-corrected chi connectivity index (χ0v) is 18.8. The van der Waals surface area contributed by atoms with E-state index in [0.29, 0.717) is 31.8 Å². The largest absolute Gasteiger partial charge is 0.497 e. The average Bonchev–Trinajstić information content (AvgIpc) is 3.07. The first-order valence-corrected chi connectivity index (χ1v) is 12.4. The van der Waals surface area contributed by atoms with Crippen LogP contribution < -0.4 is 9.64 Å². The second-order valence-corrected chi connectivity index (χ2v) is 10.3. The Morgan fingerprint density at radius 3 is 2.41 bits per heavy atom. The van der Waals surface area contributed by atoms with Crippen molar-refractivity contribution in [1.29, 1.82) is 0 Å². The maximum Gasteiger partial charge on any atom is 0.325 e. The van der Waals surface area contributed by atoms with Gasteiger partial charge in [0.25, 0.3) is 0 Å². The summed E-state index contributed by atoms with van der Waals surface area (Å²) in [6.45, 7) is 1.37. The Morgan fingerprint density at radius 1 is 1.00 bits per heavy atom. The number of carbonyl (C=O) groups is 2. The van der Waals surface area contributed by atoms with Crippen molar-refractivity contribution in [3.63, 3.8) is 0 Å². The quantitative estimate of drug-likeness (QED) is 0.688. The summed E-state index contributed by atoms with van der Waals surface area (Å²) in [7, 11) is -1.78. The van der Waals surface area contributed by atoms with Gasteiger partial charge in [-0.1, -0.05) is 30.3 Å². The summed E-state index contributed by atoms with van der Waals surface area (Å²) in [5.41, 5.74) is 1.50. The molecule has 0 aromatic heterocycles. The first-order valence-electron chi connectivity index (χ1n) is 10.6. The summed E-state index contributed by atoms with van der Waals surface area (Å²) >= 11 is 0. The van der Waals surface area contributed by atoms with Gasteiger partial charge in [-0.15, -0.1) is 0 Å². The fraction of sp³-hybridized carbons (Fsp3) is 0.391. The molecule has 3 amide bonds. The van der Waals surface area contributed by atoms with E-state index in [1.807, 2.05) is 42.5 Å². The summed E-state index contributed by atoms with van der Waals surface area (Å²) in [4.78, 5) is 30.5. The third kappa shape index (κ3) is 4.57. The molecule has 9 heteroatoms. The normalized spacial score (nSPS) is 20.8. The molecule has 32 heavy (non-hydrogen) atoms. The highest BCUT2D eigenvalue weighted by atomic mass is 32.2. The lowest BCUT2D eigenvalue weighted by atomic mass is 10.1. The van der Waals surface area contributed by atoms with Crippen LogP contribution in [0.2, 0.25) is 0 Å². The minimum Gasteiger partial charge on any atom is -0.497 e. The standard InChI is InChI=1S/C23H27N3O5S/c1-31-20-9-7-19(8-10-20)26-14-13-25(23(26)28)17-22(27)24-12-11-21(32(29,30)16-15-24)18-5-3-2-4-6-18/h2-10,21H,11-17H2,1H3. The third-order valence-electron chi connectivity index (χ3n) is 6.07. The third-order valence-corrected chi connectivity index (χ3v) is 8.20. The van der Waals surface area contributed by atoms with Crippen molar-refractivity contribution in [1.82, 2.24) is 9.80 Å². The Hall–Kier alpha value is -3.07. The number of urea groups is 1. The van der Waals surface area contributed by atoms with Crippen molar-refractivity contribution in [2.24, 2.45) is 0 Å². The van der Waals surface area contributed by atoms with Gasteiger partial charge in [-0.3, -0.25) is 9.69 Å². The van der Waals surface area contributed by atoms with Crippen LogP contribution in [0.25, 0.3) is 0 Å². The number of nitrogens with zero attached hydrogens (tertiary/aromatic N) is 3. The van der Waals surface area contributed by atoms with Crippen LogP contribution >= 0.6 is 0 Å². The highest BCUT2D eigenvalue weighted by molar-refractivity contribution is 7.91. The Bertz CT molecular complexity index is 1070. The van der Waals surface area contributed by atoms with Crippen LogP contribution in [0.5, 0.6) is 5.75 Å². The number of ether oxygens (including phenoxy) is 1. The number of hydrogen-bond donors (Lipinski definition) is 0. The summed E-state index contributed by atoms with van der Waals surface area (Å²) in [5, 5.41) is -0.611. The van der Waals surface area contributed by atoms with Crippen LogP contribution in [-0.2, 0) is 14.6 Å².